The molecule has 1 rings (SSSR count). The lowest BCUT2D eigenvalue weighted by atomic mass is 10.3. The van der Waals surface area contributed by atoms with E-state index < -0.39 is 40.0 Å². The summed E-state index contributed by atoms with van der Waals surface area (Å²) in [5, 5.41) is 17.6. The summed E-state index contributed by atoms with van der Waals surface area (Å²) >= 11 is 5.49. The van der Waals surface area contributed by atoms with Crippen LogP contribution in [-0.4, -0.2) is 37.9 Å². The standard InChI is InChI=1S/C9H11ClFNO4S/c10-6-1-2-9(8(11)3-6)17(15,16)12-7(4-13)5-14/h1-3,7,12-14H,4-5H2. The molecule has 96 valence electrons. The van der Waals surface area contributed by atoms with E-state index in [0.717, 1.165) is 12.1 Å². The van der Waals surface area contributed by atoms with Gasteiger partial charge in [-0.2, -0.15) is 0 Å². The Labute approximate surface area is 103 Å². The number of sulfonamides is 1. The van der Waals surface area contributed by atoms with Crippen molar-refractivity contribution in [3.8, 4) is 0 Å². The number of hydrogen-bond donors (Lipinski definition) is 3. The second-order valence-electron chi connectivity index (χ2n) is 3.26. The molecule has 8 heteroatoms. The molecule has 0 unspecified atom stereocenters. The highest BCUT2D eigenvalue weighted by Gasteiger charge is 2.22. The van der Waals surface area contributed by atoms with Gasteiger partial charge in [0.15, 0.2) is 0 Å². The van der Waals surface area contributed by atoms with Crippen LogP contribution < -0.4 is 4.72 Å². The lowest BCUT2D eigenvalue weighted by Crippen LogP contribution is -2.40. The Morgan fingerprint density at radius 2 is 1.94 bits per heavy atom. The average molecular weight is 284 g/mol. The van der Waals surface area contributed by atoms with Gasteiger partial charge in [-0.15, -0.1) is 0 Å². The summed E-state index contributed by atoms with van der Waals surface area (Å²) in [6.07, 6.45) is 0. The van der Waals surface area contributed by atoms with Crippen molar-refractivity contribution in [3.63, 3.8) is 0 Å². The van der Waals surface area contributed by atoms with E-state index in [1.54, 1.807) is 0 Å². The molecule has 0 heterocycles. The van der Waals surface area contributed by atoms with Crippen molar-refractivity contribution in [1.82, 2.24) is 4.72 Å². The van der Waals surface area contributed by atoms with Gasteiger partial charge in [0.05, 0.1) is 19.3 Å². The fourth-order valence-corrected chi connectivity index (χ4v) is 2.54. The van der Waals surface area contributed by atoms with Crippen LogP contribution in [0.4, 0.5) is 4.39 Å². The molecule has 0 saturated heterocycles. The lowest BCUT2D eigenvalue weighted by molar-refractivity contribution is 0.185. The normalized spacial score (nSPS) is 12.1. The molecule has 5 nitrogen and oxygen atoms in total. The first-order chi connectivity index (χ1) is 7.90. The van der Waals surface area contributed by atoms with Crippen molar-refractivity contribution < 1.29 is 23.0 Å². The van der Waals surface area contributed by atoms with Gasteiger partial charge in [0.25, 0.3) is 0 Å². The minimum Gasteiger partial charge on any atom is -0.395 e. The van der Waals surface area contributed by atoms with Crippen LogP contribution in [0.3, 0.4) is 0 Å². The molecular weight excluding hydrogens is 273 g/mol. The van der Waals surface area contributed by atoms with Crippen molar-refractivity contribution in [2.45, 2.75) is 10.9 Å². The molecule has 0 aliphatic rings. The zero-order valence-corrected chi connectivity index (χ0v) is 10.2. The van der Waals surface area contributed by atoms with E-state index in [9.17, 15) is 12.8 Å². The highest BCUT2D eigenvalue weighted by Crippen LogP contribution is 2.18. The summed E-state index contributed by atoms with van der Waals surface area (Å²) in [5.74, 6) is -1.00. The molecule has 0 saturated carbocycles. The quantitative estimate of drug-likeness (QED) is 0.716. The van der Waals surface area contributed by atoms with E-state index in [1.807, 2.05) is 4.72 Å². The number of nitrogens with one attached hydrogen (secondary N) is 1. The number of hydrogen-bond acceptors (Lipinski definition) is 4. The van der Waals surface area contributed by atoms with Crippen molar-refractivity contribution in [1.29, 1.82) is 0 Å². The third kappa shape index (κ3) is 3.62. The maximum atomic E-state index is 13.4. The van der Waals surface area contributed by atoms with Gasteiger partial charge in [-0.05, 0) is 18.2 Å². The largest absolute Gasteiger partial charge is 0.395 e. The topological polar surface area (TPSA) is 86.6 Å². The predicted octanol–water partition coefficient (Wildman–Crippen LogP) is 0.111. The number of aliphatic hydroxyl groups excluding tert-OH is 2. The first-order valence-corrected chi connectivity index (χ1v) is 6.46. The molecule has 3 N–H and O–H groups in total. The maximum absolute atomic E-state index is 13.4. The van der Waals surface area contributed by atoms with Crippen LogP contribution in [0.5, 0.6) is 0 Å². The van der Waals surface area contributed by atoms with Gasteiger partial charge < -0.3 is 10.2 Å². The van der Waals surface area contributed by atoms with Crippen LogP contribution in [0.25, 0.3) is 0 Å². The van der Waals surface area contributed by atoms with Gasteiger partial charge >= 0.3 is 0 Å². The fraction of sp³-hybridized carbons (Fsp3) is 0.333. The van der Waals surface area contributed by atoms with Crippen molar-refractivity contribution >= 4 is 21.6 Å². The van der Waals surface area contributed by atoms with E-state index in [4.69, 9.17) is 21.8 Å². The zero-order valence-electron chi connectivity index (χ0n) is 8.60. The van der Waals surface area contributed by atoms with Crippen molar-refractivity contribution in [3.05, 3.63) is 29.0 Å². The third-order valence-electron chi connectivity index (χ3n) is 1.95. The molecule has 0 fully saturated rings. The maximum Gasteiger partial charge on any atom is 0.243 e. The lowest BCUT2D eigenvalue weighted by Gasteiger charge is -2.14. The highest BCUT2D eigenvalue weighted by atomic mass is 35.5. The van der Waals surface area contributed by atoms with E-state index in [0.29, 0.717) is 0 Å². The van der Waals surface area contributed by atoms with Crippen LogP contribution in [0.2, 0.25) is 5.02 Å². The monoisotopic (exact) mass is 283 g/mol. The molecule has 17 heavy (non-hydrogen) atoms. The SMILES string of the molecule is O=S(=O)(NC(CO)CO)c1ccc(Cl)cc1F. The molecule has 1 aromatic carbocycles. The summed E-state index contributed by atoms with van der Waals surface area (Å²) in [6, 6.07) is 2.02. The highest BCUT2D eigenvalue weighted by molar-refractivity contribution is 7.89. The molecule has 0 bridgehead atoms. The summed E-state index contributed by atoms with van der Waals surface area (Å²) in [4.78, 5) is -0.589. The van der Waals surface area contributed by atoms with Gasteiger partial charge in [-0.3, -0.25) is 0 Å². The van der Waals surface area contributed by atoms with Crippen LogP contribution >= 0.6 is 11.6 Å². The molecule has 0 radical (unpaired) electrons. The summed E-state index contributed by atoms with van der Waals surface area (Å²) in [5.41, 5.74) is 0. The number of aliphatic hydroxyl groups is 2. The molecule has 0 amide bonds. The predicted molar refractivity (Wildman–Crippen MR) is 59.7 cm³/mol. The minimum atomic E-state index is -4.13. The summed E-state index contributed by atoms with van der Waals surface area (Å²) < 4.78 is 38.7. The Morgan fingerprint density at radius 3 is 2.41 bits per heavy atom. The van der Waals surface area contributed by atoms with E-state index in [2.05, 4.69) is 0 Å². The second kappa shape index (κ2) is 5.74. The Morgan fingerprint density at radius 1 is 1.35 bits per heavy atom. The zero-order chi connectivity index (χ0) is 13.1. The molecule has 0 atom stereocenters. The Hall–Kier alpha value is -0.730. The number of rotatable bonds is 5. The van der Waals surface area contributed by atoms with Crippen LogP contribution in [0.15, 0.2) is 23.1 Å². The van der Waals surface area contributed by atoms with Crippen LogP contribution in [0.1, 0.15) is 0 Å². The first-order valence-electron chi connectivity index (χ1n) is 4.60. The molecule has 0 aromatic heterocycles. The van der Waals surface area contributed by atoms with Gasteiger partial charge in [0.1, 0.15) is 10.7 Å². The Balaban J connectivity index is 3.05. The third-order valence-corrected chi connectivity index (χ3v) is 3.73. The Kier molecular flexibility index (Phi) is 4.84. The first kappa shape index (κ1) is 14.3. The molecule has 0 aliphatic carbocycles. The van der Waals surface area contributed by atoms with E-state index in [1.165, 1.54) is 6.07 Å². The second-order valence-corrected chi connectivity index (χ2v) is 5.38. The summed E-state index contributed by atoms with van der Waals surface area (Å²) in [7, 11) is -4.13. The van der Waals surface area contributed by atoms with Gasteiger partial charge in [0, 0.05) is 5.02 Å². The molecule has 0 spiro atoms. The van der Waals surface area contributed by atoms with Gasteiger partial charge in [0.2, 0.25) is 10.0 Å². The van der Waals surface area contributed by atoms with Crippen LogP contribution in [-0.2, 0) is 10.0 Å². The average Bonchev–Trinajstić information content (AvgIpc) is 2.25. The minimum absolute atomic E-state index is 0.0716. The van der Waals surface area contributed by atoms with E-state index in [-0.39, 0.29) is 5.02 Å². The molecular formula is C9H11ClFNO4S. The molecule has 1 aromatic rings. The van der Waals surface area contributed by atoms with Gasteiger partial charge in [-0.1, -0.05) is 11.6 Å². The van der Waals surface area contributed by atoms with Gasteiger partial charge in [-0.25, -0.2) is 17.5 Å². The smallest absolute Gasteiger partial charge is 0.243 e. The Bertz CT molecular complexity index is 490. The van der Waals surface area contributed by atoms with Crippen molar-refractivity contribution in [2.24, 2.45) is 0 Å². The van der Waals surface area contributed by atoms with Crippen LogP contribution in [0, 0.1) is 5.82 Å². The number of halogens is 2. The summed E-state index contributed by atoms with van der Waals surface area (Å²) in [6.45, 7) is -1.18. The molecule has 0 aliphatic heterocycles. The fourth-order valence-electron chi connectivity index (χ4n) is 1.11. The van der Waals surface area contributed by atoms with E-state index >= 15 is 0 Å². The van der Waals surface area contributed by atoms with Crippen molar-refractivity contribution in [2.75, 3.05) is 13.2 Å². The number of benzene rings is 1.